The van der Waals surface area contributed by atoms with E-state index in [9.17, 15) is 0 Å². The summed E-state index contributed by atoms with van der Waals surface area (Å²) in [7, 11) is -0.944. The standard InChI is InChI=1S/C11H28O5Si2/c1-10(15-17(6,7)12-4)14-11(2,3)16-18(8,9)13-5/h10H,1-9H3. The van der Waals surface area contributed by atoms with E-state index in [0.717, 1.165) is 0 Å². The van der Waals surface area contributed by atoms with E-state index in [-0.39, 0.29) is 6.29 Å². The molecule has 0 rings (SSSR count). The molecule has 1 atom stereocenters. The van der Waals surface area contributed by atoms with E-state index in [4.69, 9.17) is 22.4 Å². The summed E-state index contributed by atoms with van der Waals surface area (Å²) in [6.07, 6.45) is -0.386. The second-order valence-corrected chi connectivity index (χ2v) is 12.4. The van der Waals surface area contributed by atoms with Gasteiger partial charge < -0.3 is 22.4 Å². The monoisotopic (exact) mass is 296 g/mol. The number of ether oxygens (including phenoxy) is 1. The quantitative estimate of drug-likeness (QED) is 0.509. The smallest absolute Gasteiger partial charge is 0.333 e. The Morgan fingerprint density at radius 3 is 1.72 bits per heavy atom. The molecule has 0 radical (unpaired) electrons. The summed E-state index contributed by atoms with van der Waals surface area (Å²) in [4.78, 5) is 0. The largest absolute Gasteiger partial charge is 0.398 e. The third-order valence-corrected chi connectivity index (χ3v) is 6.22. The highest BCUT2D eigenvalue weighted by Gasteiger charge is 2.35. The molecule has 0 aliphatic heterocycles. The van der Waals surface area contributed by atoms with Crippen LogP contribution in [0.25, 0.3) is 0 Å². The van der Waals surface area contributed by atoms with Gasteiger partial charge in [0.25, 0.3) is 0 Å². The van der Waals surface area contributed by atoms with Gasteiger partial charge >= 0.3 is 17.1 Å². The third kappa shape index (κ3) is 7.62. The summed E-state index contributed by atoms with van der Waals surface area (Å²) < 4.78 is 28.1. The predicted molar refractivity (Wildman–Crippen MR) is 75.8 cm³/mol. The van der Waals surface area contributed by atoms with E-state index < -0.39 is 22.9 Å². The van der Waals surface area contributed by atoms with Gasteiger partial charge in [-0.25, -0.2) is 0 Å². The topological polar surface area (TPSA) is 46.2 Å². The summed E-state index contributed by atoms with van der Waals surface area (Å²) in [5.74, 6) is -0.747. The first-order chi connectivity index (χ1) is 7.93. The van der Waals surface area contributed by atoms with Gasteiger partial charge in [-0.05, 0) is 47.0 Å². The lowest BCUT2D eigenvalue weighted by Crippen LogP contribution is -2.47. The van der Waals surface area contributed by atoms with Crippen LogP contribution in [0, 0.1) is 0 Å². The fraction of sp³-hybridized carbons (Fsp3) is 1.00. The van der Waals surface area contributed by atoms with E-state index in [2.05, 4.69) is 0 Å². The van der Waals surface area contributed by atoms with Gasteiger partial charge in [-0.3, -0.25) is 0 Å². The van der Waals surface area contributed by atoms with Gasteiger partial charge in [0.15, 0.2) is 5.79 Å². The molecule has 7 heteroatoms. The SMILES string of the molecule is CO[Si](C)(C)OC(C)OC(C)(C)O[Si](C)(C)OC. The average molecular weight is 297 g/mol. The zero-order chi connectivity index (χ0) is 14.6. The zero-order valence-corrected chi connectivity index (χ0v) is 15.1. The van der Waals surface area contributed by atoms with Crippen molar-refractivity contribution in [2.24, 2.45) is 0 Å². The summed E-state index contributed by atoms with van der Waals surface area (Å²) in [6, 6.07) is 0. The van der Waals surface area contributed by atoms with Crippen LogP contribution in [0.4, 0.5) is 0 Å². The minimum Gasteiger partial charge on any atom is -0.398 e. The molecule has 0 saturated heterocycles. The second-order valence-electron chi connectivity index (χ2n) is 5.51. The number of rotatable bonds is 8. The lowest BCUT2D eigenvalue weighted by molar-refractivity contribution is -0.245. The molecule has 0 aromatic rings. The molecule has 0 aromatic heterocycles. The molecule has 110 valence electrons. The highest BCUT2D eigenvalue weighted by atomic mass is 28.4. The van der Waals surface area contributed by atoms with Gasteiger partial charge in [0.05, 0.1) is 0 Å². The first-order valence-corrected chi connectivity index (χ1v) is 11.7. The first kappa shape index (κ1) is 18.2. The van der Waals surface area contributed by atoms with Crippen LogP contribution < -0.4 is 0 Å². The molecule has 0 aromatic carbocycles. The molecule has 0 aliphatic carbocycles. The molecular weight excluding hydrogens is 268 g/mol. The Kier molecular flexibility index (Phi) is 6.68. The Bertz CT molecular complexity index is 256. The maximum Gasteiger partial charge on any atom is 0.333 e. The highest BCUT2D eigenvalue weighted by molar-refractivity contribution is 6.64. The average Bonchev–Trinajstić information content (AvgIpc) is 2.14. The summed E-state index contributed by atoms with van der Waals surface area (Å²) in [5, 5.41) is 0. The van der Waals surface area contributed by atoms with Crippen LogP contribution in [0.15, 0.2) is 0 Å². The van der Waals surface area contributed by atoms with Crippen molar-refractivity contribution in [3.63, 3.8) is 0 Å². The van der Waals surface area contributed by atoms with Crippen molar-refractivity contribution in [1.29, 1.82) is 0 Å². The van der Waals surface area contributed by atoms with Crippen molar-refractivity contribution in [2.45, 2.75) is 59.0 Å². The lowest BCUT2D eigenvalue weighted by atomic mass is 10.4. The van der Waals surface area contributed by atoms with Gasteiger partial charge in [-0.2, -0.15) is 0 Å². The van der Waals surface area contributed by atoms with Gasteiger partial charge in [0.1, 0.15) is 6.29 Å². The van der Waals surface area contributed by atoms with Crippen LogP contribution >= 0.6 is 0 Å². The fourth-order valence-electron chi connectivity index (χ4n) is 1.53. The van der Waals surface area contributed by atoms with E-state index in [1.165, 1.54) is 0 Å². The Morgan fingerprint density at radius 1 is 0.889 bits per heavy atom. The van der Waals surface area contributed by atoms with Crippen LogP contribution in [0.1, 0.15) is 20.8 Å². The van der Waals surface area contributed by atoms with Gasteiger partial charge in [0.2, 0.25) is 0 Å². The van der Waals surface area contributed by atoms with Crippen molar-refractivity contribution in [2.75, 3.05) is 14.2 Å². The normalized spacial score (nSPS) is 15.8. The highest BCUT2D eigenvalue weighted by Crippen LogP contribution is 2.22. The molecule has 5 nitrogen and oxygen atoms in total. The van der Waals surface area contributed by atoms with Crippen molar-refractivity contribution in [1.82, 2.24) is 0 Å². The molecule has 0 amide bonds. The predicted octanol–water partition coefficient (Wildman–Crippen LogP) is 2.81. The maximum absolute atomic E-state index is 5.88. The van der Waals surface area contributed by atoms with Gasteiger partial charge in [0, 0.05) is 14.2 Å². The van der Waals surface area contributed by atoms with E-state index >= 15 is 0 Å². The molecule has 0 fully saturated rings. The summed E-state index contributed by atoms with van der Waals surface area (Å²) >= 11 is 0. The van der Waals surface area contributed by atoms with Crippen molar-refractivity contribution >= 4 is 17.1 Å². The van der Waals surface area contributed by atoms with E-state index in [0.29, 0.717) is 0 Å². The molecule has 0 heterocycles. The summed E-state index contributed by atoms with van der Waals surface area (Å²) in [5.41, 5.74) is 0. The minimum absolute atomic E-state index is 0.386. The van der Waals surface area contributed by atoms with Crippen LogP contribution in [0.2, 0.25) is 26.2 Å². The zero-order valence-electron chi connectivity index (χ0n) is 13.1. The molecule has 0 bridgehead atoms. The number of hydrogen-bond acceptors (Lipinski definition) is 5. The van der Waals surface area contributed by atoms with Crippen molar-refractivity contribution < 1.29 is 22.4 Å². The van der Waals surface area contributed by atoms with Crippen LogP contribution in [0.3, 0.4) is 0 Å². The Balaban J connectivity index is 4.40. The summed E-state index contributed by atoms with van der Waals surface area (Å²) in [6.45, 7) is 13.4. The molecule has 0 N–H and O–H groups in total. The van der Waals surface area contributed by atoms with Crippen molar-refractivity contribution in [3.05, 3.63) is 0 Å². The molecule has 18 heavy (non-hydrogen) atoms. The Hall–Kier alpha value is 0.234. The lowest BCUT2D eigenvalue weighted by Gasteiger charge is -2.36. The van der Waals surface area contributed by atoms with Gasteiger partial charge in [-0.15, -0.1) is 0 Å². The first-order valence-electron chi connectivity index (χ1n) is 6.09. The van der Waals surface area contributed by atoms with Crippen LogP contribution in [-0.4, -0.2) is 43.4 Å². The van der Waals surface area contributed by atoms with Gasteiger partial charge in [-0.1, -0.05) is 0 Å². The molecule has 0 aliphatic rings. The Morgan fingerprint density at radius 2 is 1.33 bits per heavy atom. The van der Waals surface area contributed by atoms with Crippen molar-refractivity contribution in [3.8, 4) is 0 Å². The second kappa shape index (κ2) is 6.60. The van der Waals surface area contributed by atoms with Crippen LogP contribution in [-0.2, 0) is 22.4 Å². The molecule has 1 unspecified atom stereocenters. The molecule has 0 spiro atoms. The minimum atomic E-state index is -2.15. The van der Waals surface area contributed by atoms with E-state index in [1.54, 1.807) is 14.2 Å². The fourth-order valence-corrected chi connectivity index (χ4v) is 3.79. The van der Waals surface area contributed by atoms with E-state index in [1.807, 2.05) is 47.0 Å². The maximum atomic E-state index is 5.88. The number of hydrogen-bond donors (Lipinski definition) is 0. The molecule has 0 saturated carbocycles. The molecular formula is C11H28O5Si2. The Labute approximate surface area is 113 Å². The third-order valence-electron chi connectivity index (χ3n) is 2.37. The van der Waals surface area contributed by atoms with Crippen LogP contribution in [0.5, 0.6) is 0 Å².